The number of rotatable bonds is 4. The molecule has 0 atom stereocenters. The molecule has 6 nitrogen and oxygen atoms in total. The number of fused-ring (bicyclic) bond motifs is 1. The second-order valence-electron chi connectivity index (χ2n) is 7.21. The van der Waals surface area contributed by atoms with E-state index in [4.69, 9.17) is 9.47 Å². The summed E-state index contributed by atoms with van der Waals surface area (Å²) < 4.78 is 11.4. The molecule has 0 bridgehead atoms. The zero-order valence-electron chi connectivity index (χ0n) is 15.9. The molecule has 1 aromatic heterocycles. The van der Waals surface area contributed by atoms with E-state index in [9.17, 15) is 4.79 Å². The Balaban J connectivity index is 1.65. The van der Waals surface area contributed by atoms with E-state index in [1.54, 1.807) is 20.2 Å². The van der Waals surface area contributed by atoms with Crippen molar-refractivity contribution in [3.63, 3.8) is 0 Å². The lowest BCUT2D eigenvalue weighted by molar-refractivity contribution is 0.0844. The van der Waals surface area contributed by atoms with Crippen molar-refractivity contribution in [3.8, 4) is 11.6 Å². The van der Waals surface area contributed by atoms with Crippen LogP contribution in [0.25, 0.3) is 10.9 Å². The molecule has 2 aromatic rings. The molecule has 0 saturated carbocycles. The molecule has 140 valence electrons. The van der Waals surface area contributed by atoms with Crippen molar-refractivity contribution in [2.45, 2.75) is 38.8 Å². The van der Waals surface area contributed by atoms with Gasteiger partial charge in [0.15, 0.2) is 0 Å². The van der Waals surface area contributed by atoms with Crippen LogP contribution in [-0.4, -0.2) is 60.2 Å². The second kappa shape index (κ2) is 7.91. The first-order chi connectivity index (χ1) is 12.4. The lowest BCUT2D eigenvalue weighted by atomic mass is 10.1. The van der Waals surface area contributed by atoms with Gasteiger partial charge in [-0.2, -0.15) is 0 Å². The zero-order chi connectivity index (χ0) is 18.7. The third kappa shape index (κ3) is 4.43. The van der Waals surface area contributed by atoms with Crippen LogP contribution in [0.5, 0.6) is 11.6 Å². The van der Waals surface area contributed by atoms with Gasteiger partial charge in [0.25, 0.3) is 0 Å². The summed E-state index contributed by atoms with van der Waals surface area (Å²) in [6.07, 6.45) is 1.92. The number of amides is 1. The van der Waals surface area contributed by atoms with Crippen LogP contribution in [0.15, 0.2) is 30.3 Å². The molecule has 1 amide bonds. The molecule has 1 aliphatic rings. The number of benzene rings is 1. The lowest BCUT2D eigenvalue weighted by Gasteiger charge is -2.34. The quantitative estimate of drug-likeness (QED) is 0.838. The van der Waals surface area contributed by atoms with Gasteiger partial charge >= 0.3 is 6.09 Å². The van der Waals surface area contributed by atoms with Crippen molar-refractivity contribution in [2.75, 3.05) is 27.2 Å². The molecule has 0 spiro atoms. The average molecular weight is 357 g/mol. The molecule has 0 N–H and O–H groups in total. The maximum absolute atomic E-state index is 11.6. The van der Waals surface area contributed by atoms with Gasteiger partial charge in [-0.15, -0.1) is 0 Å². The molecule has 0 aliphatic carbocycles. The Labute approximate surface area is 154 Å². The first kappa shape index (κ1) is 18.5. The van der Waals surface area contributed by atoms with Crippen molar-refractivity contribution in [3.05, 3.63) is 30.3 Å². The summed E-state index contributed by atoms with van der Waals surface area (Å²) in [5, 5.41) is 0.965. The summed E-state index contributed by atoms with van der Waals surface area (Å²) in [6, 6.07) is 10.0. The number of carbonyl (C=O) groups is 1. The summed E-state index contributed by atoms with van der Waals surface area (Å²) in [7, 11) is 3.28. The van der Waals surface area contributed by atoms with Crippen molar-refractivity contribution >= 4 is 17.0 Å². The third-order valence-corrected chi connectivity index (χ3v) is 4.70. The molecular formula is C20H27N3O3. The van der Waals surface area contributed by atoms with E-state index < -0.39 is 6.09 Å². The van der Waals surface area contributed by atoms with Gasteiger partial charge in [-0.3, -0.25) is 0 Å². The van der Waals surface area contributed by atoms with Gasteiger partial charge in [0, 0.05) is 44.7 Å². The molecule has 0 unspecified atom stereocenters. The van der Waals surface area contributed by atoms with Crippen molar-refractivity contribution in [1.29, 1.82) is 0 Å². The van der Waals surface area contributed by atoms with E-state index in [0.717, 1.165) is 42.6 Å². The Morgan fingerprint density at radius 3 is 2.58 bits per heavy atom. The number of piperidine rings is 1. The highest BCUT2D eigenvalue weighted by Gasteiger charge is 2.22. The number of nitrogens with zero attached hydrogens (tertiary/aromatic N) is 3. The third-order valence-electron chi connectivity index (χ3n) is 4.70. The predicted octanol–water partition coefficient (Wildman–Crippen LogP) is 3.55. The molecule has 2 heterocycles. The van der Waals surface area contributed by atoms with E-state index in [1.165, 1.54) is 4.90 Å². The van der Waals surface area contributed by atoms with Crippen LogP contribution in [0.1, 0.15) is 26.7 Å². The fraction of sp³-hybridized carbons (Fsp3) is 0.500. The number of likely N-dealkylation sites (tertiary alicyclic amines) is 1. The van der Waals surface area contributed by atoms with Gasteiger partial charge in [0.2, 0.25) is 5.88 Å². The Hall–Kier alpha value is -2.34. The summed E-state index contributed by atoms with van der Waals surface area (Å²) >= 11 is 0. The lowest BCUT2D eigenvalue weighted by Crippen LogP contribution is -2.41. The summed E-state index contributed by atoms with van der Waals surface area (Å²) in [4.78, 5) is 19.9. The maximum Gasteiger partial charge on any atom is 0.416 e. The normalized spacial score (nSPS) is 16.0. The average Bonchev–Trinajstić information content (AvgIpc) is 2.62. The Morgan fingerprint density at radius 2 is 1.92 bits per heavy atom. The molecule has 26 heavy (non-hydrogen) atoms. The molecule has 1 aromatic carbocycles. The molecule has 3 rings (SSSR count). The minimum atomic E-state index is -0.440. The summed E-state index contributed by atoms with van der Waals surface area (Å²) in [5.41, 5.74) is 0.774. The van der Waals surface area contributed by atoms with Crippen LogP contribution < -0.4 is 9.47 Å². The molecular weight excluding hydrogens is 330 g/mol. The highest BCUT2D eigenvalue weighted by atomic mass is 16.6. The zero-order valence-corrected chi connectivity index (χ0v) is 15.9. The van der Waals surface area contributed by atoms with Crippen molar-refractivity contribution < 1.29 is 14.3 Å². The number of carbonyl (C=O) groups excluding carboxylic acids is 1. The van der Waals surface area contributed by atoms with Gasteiger partial charge < -0.3 is 19.3 Å². The molecule has 1 aliphatic heterocycles. The summed E-state index contributed by atoms with van der Waals surface area (Å²) in [5.74, 6) is 1.16. The van der Waals surface area contributed by atoms with Crippen molar-refractivity contribution in [1.82, 2.24) is 14.8 Å². The number of aromatic nitrogens is 1. The minimum absolute atomic E-state index is 0.260. The van der Waals surface area contributed by atoms with Crippen LogP contribution >= 0.6 is 0 Å². The molecule has 6 heteroatoms. The topological polar surface area (TPSA) is 54.9 Å². The van der Waals surface area contributed by atoms with Gasteiger partial charge in [-0.25, -0.2) is 9.78 Å². The number of pyridine rings is 1. The first-order valence-corrected chi connectivity index (χ1v) is 9.13. The van der Waals surface area contributed by atoms with E-state index in [0.29, 0.717) is 11.9 Å². The molecule has 0 radical (unpaired) electrons. The van der Waals surface area contributed by atoms with E-state index in [1.807, 2.05) is 24.3 Å². The molecule has 1 saturated heterocycles. The van der Waals surface area contributed by atoms with Crippen LogP contribution in [0.2, 0.25) is 0 Å². The maximum atomic E-state index is 11.6. The fourth-order valence-electron chi connectivity index (χ4n) is 3.10. The minimum Gasteiger partial charge on any atom is -0.490 e. The SMILES string of the molecule is CC(C)N1CCC(Oc2ccc3nc(OC(=O)N(C)C)ccc3c2)CC1. The van der Waals surface area contributed by atoms with Gasteiger partial charge in [-0.05, 0) is 51.0 Å². The first-order valence-electron chi connectivity index (χ1n) is 9.13. The number of hydrogen-bond acceptors (Lipinski definition) is 5. The van der Waals surface area contributed by atoms with E-state index in [2.05, 4.69) is 23.7 Å². The van der Waals surface area contributed by atoms with E-state index in [-0.39, 0.29) is 6.10 Å². The van der Waals surface area contributed by atoms with E-state index >= 15 is 0 Å². The number of hydrogen-bond donors (Lipinski definition) is 0. The second-order valence-corrected chi connectivity index (χ2v) is 7.21. The Bertz CT molecular complexity index is 768. The monoisotopic (exact) mass is 357 g/mol. The highest BCUT2D eigenvalue weighted by Crippen LogP contribution is 2.25. The van der Waals surface area contributed by atoms with Gasteiger partial charge in [-0.1, -0.05) is 0 Å². The van der Waals surface area contributed by atoms with Crippen LogP contribution in [0, 0.1) is 0 Å². The van der Waals surface area contributed by atoms with Crippen LogP contribution in [0.4, 0.5) is 4.79 Å². The Morgan fingerprint density at radius 1 is 1.19 bits per heavy atom. The summed E-state index contributed by atoms with van der Waals surface area (Å²) in [6.45, 7) is 6.64. The standard InChI is InChI=1S/C20H27N3O3/c1-14(2)23-11-9-16(10-12-23)25-17-6-7-18-15(13-17)5-8-19(21-18)26-20(24)22(3)4/h5-8,13-14,16H,9-12H2,1-4H3. The fourth-order valence-corrected chi connectivity index (χ4v) is 3.10. The Kier molecular flexibility index (Phi) is 5.61. The van der Waals surface area contributed by atoms with Crippen LogP contribution in [-0.2, 0) is 0 Å². The van der Waals surface area contributed by atoms with Gasteiger partial charge in [0.1, 0.15) is 11.9 Å². The largest absolute Gasteiger partial charge is 0.490 e. The van der Waals surface area contributed by atoms with Gasteiger partial charge in [0.05, 0.1) is 5.52 Å². The highest BCUT2D eigenvalue weighted by molar-refractivity contribution is 5.81. The predicted molar refractivity (Wildman–Crippen MR) is 102 cm³/mol. The van der Waals surface area contributed by atoms with Crippen molar-refractivity contribution in [2.24, 2.45) is 0 Å². The smallest absolute Gasteiger partial charge is 0.416 e. The van der Waals surface area contributed by atoms with Crippen LogP contribution in [0.3, 0.4) is 0 Å². The molecule has 1 fully saturated rings. The number of ether oxygens (including phenoxy) is 2.